The molecule has 17 heavy (non-hydrogen) atoms. The third-order valence-electron chi connectivity index (χ3n) is 2.26. The predicted molar refractivity (Wildman–Crippen MR) is 57.6 cm³/mol. The normalized spacial score (nSPS) is 12.3. The molecule has 0 saturated carbocycles. The summed E-state index contributed by atoms with van der Waals surface area (Å²) in [6, 6.07) is -0.180. The average molecular weight is 235 g/mol. The molecule has 1 unspecified atom stereocenters. The molecular formula is C9H13N7O. The van der Waals surface area contributed by atoms with Crippen molar-refractivity contribution in [3.05, 3.63) is 24.8 Å². The third-order valence-corrected chi connectivity index (χ3v) is 2.26. The van der Waals surface area contributed by atoms with Crippen LogP contribution in [0.2, 0.25) is 0 Å². The molecule has 0 aliphatic rings. The maximum atomic E-state index is 11.6. The molecule has 8 nitrogen and oxygen atoms in total. The van der Waals surface area contributed by atoms with Gasteiger partial charge in [-0.05, 0) is 6.92 Å². The molecule has 90 valence electrons. The van der Waals surface area contributed by atoms with E-state index in [1.807, 2.05) is 6.92 Å². The number of aromatic amines is 1. The molecule has 0 radical (unpaired) electrons. The van der Waals surface area contributed by atoms with Crippen molar-refractivity contribution in [2.24, 2.45) is 0 Å². The smallest absolute Gasteiger partial charge is 0.222 e. The summed E-state index contributed by atoms with van der Waals surface area (Å²) in [4.78, 5) is 19.4. The Balaban J connectivity index is 1.77. The number of hydrogen-bond donors (Lipinski definition) is 2. The topological polar surface area (TPSA) is 101 Å². The van der Waals surface area contributed by atoms with Crippen LogP contribution in [0.3, 0.4) is 0 Å². The Labute approximate surface area is 97.5 Å². The summed E-state index contributed by atoms with van der Waals surface area (Å²) in [6.07, 6.45) is 4.78. The van der Waals surface area contributed by atoms with Crippen molar-refractivity contribution in [1.82, 2.24) is 35.3 Å². The number of H-pyrrole nitrogens is 1. The largest absolute Gasteiger partial charge is 0.346 e. The van der Waals surface area contributed by atoms with E-state index in [-0.39, 0.29) is 11.9 Å². The molecule has 2 aromatic rings. The first-order chi connectivity index (χ1) is 8.25. The van der Waals surface area contributed by atoms with Crippen LogP contribution in [0.5, 0.6) is 0 Å². The standard InChI is InChI=1S/C9H13N7O/c1-7(9-11-5-12-15-9)14-8(17)2-3-16-6-10-4-13-16/h4-7H,2-3H2,1H3,(H,14,17)(H,11,12,15). The highest BCUT2D eigenvalue weighted by atomic mass is 16.1. The molecule has 2 heterocycles. The molecule has 8 heteroatoms. The monoisotopic (exact) mass is 235 g/mol. The van der Waals surface area contributed by atoms with Crippen LogP contribution in [-0.4, -0.2) is 35.9 Å². The number of aromatic nitrogens is 6. The Bertz CT molecular complexity index is 450. The number of rotatable bonds is 5. The van der Waals surface area contributed by atoms with Gasteiger partial charge in [0, 0.05) is 6.42 Å². The third kappa shape index (κ3) is 3.10. The van der Waals surface area contributed by atoms with Crippen molar-refractivity contribution in [1.29, 1.82) is 0 Å². The molecule has 0 aliphatic carbocycles. The Morgan fingerprint density at radius 3 is 3.12 bits per heavy atom. The molecule has 0 bridgehead atoms. The van der Waals surface area contributed by atoms with Crippen LogP contribution in [-0.2, 0) is 11.3 Å². The summed E-state index contributed by atoms with van der Waals surface area (Å²) < 4.78 is 1.61. The van der Waals surface area contributed by atoms with Gasteiger partial charge in [0.2, 0.25) is 5.91 Å². The molecule has 1 atom stereocenters. The molecule has 2 aromatic heterocycles. The number of aryl methyl sites for hydroxylation is 1. The van der Waals surface area contributed by atoms with Crippen molar-refractivity contribution < 1.29 is 4.79 Å². The quantitative estimate of drug-likeness (QED) is 0.738. The summed E-state index contributed by atoms with van der Waals surface area (Å²) in [5, 5.41) is 13.2. The minimum atomic E-state index is -0.180. The van der Waals surface area contributed by atoms with Crippen molar-refractivity contribution in [2.45, 2.75) is 25.9 Å². The molecule has 0 aliphatic heterocycles. The van der Waals surface area contributed by atoms with Gasteiger partial charge in [-0.15, -0.1) is 0 Å². The maximum Gasteiger partial charge on any atom is 0.222 e. The Morgan fingerprint density at radius 2 is 2.47 bits per heavy atom. The Hall–Kier alpha value is -2.25. The van der Waals surface area contributed by atoms with Gasteiger partial charge in [0.05, 0.1) is 12.6 Å². The van der Waals surface area contributed by atoms with Gasteiger partial charge in [-0.2, -0.15) is 10.2 Å². The summed E-state index contributed by atoms with van der Waals surface area (Å²) in [6.45, 7) is 2.35. The van der Waals surface area contributed by atoms with E-state index in [0.717, 1.165) is 0 Å². The minimum absolute atomic E-state index is 0.0654. The zero-order valence-electron chi connectivity index (χ0n) is 9.37. The highest BCUT2D eigenvalue weighted by Crippen LogP contribution is 2.04. The summed E-state index contributed by atoms with van der Waals surface area (Å²) in [5.41, 5.74) is 0. The van der Waals surface area contributed by atoms with Crippen LogP contribution in [0, 0.1) is 0 Å². The predicted octanol–water partition coefficient (Wildman–Crippen LogP) is -0.336. The molecule has 0 aromatic carbocycles. The van der Waals surface area contributed by atoms with E-state index in [4.69, 9.17) is 0 Å². The van der Waals surface area contributed by atoms with Crippen molar-refractivity contribution in [2.75, 3.05) is 0 Å². The van der Waals surface area contributed by atoms with E-state index in [0.29, 0.717) is 18.8 Å². The number of hydrogen-bond acceptors (Lipinski definition) is 5. The lowest BCUT2D eigenvalue weighted by Crippen LogP contribution is -2.28. The maximum absolute atomic E-state index is 11.6. The number of carbonyl (C=O) groups excluding carboxylic acids is 1. The molecule has 2 N–H and O–H groups in total. The van der Waals surface area contributed by atoms with Crippen LogP contribution < -0.4 is 5.32 Å². The van der Waals surface area contributed by atoms with Gasteiger partial charge in [0.15, 0.2) is 0 Å². The van der Waals surface area contributed by atoms with Crippen LogP contribution in [0.4, 0.5) is 0 Å². The first-order valence-corrected chi connectivity index (χ1v) is 5.23. The first kappa shape index (κ1) is 11.2. The molecule has 0 saturated heterocycles. The van der Waals surface area contributed by atoms with Gasteiger partial charge in [-0.1, -0.05) is 0 Å². The van der Waals surface area contributed by atoms with Gasteiger partial charge in [-0.3, -0.25) is 14.6 Å². The second kappa shape index (κ2) is 5.19. The van der Waals surface area contributed by atoms with Crippen LogP contribution in [0.25, 0.3) is 0 Å². The van der Waals surface area contributed by atoms with Gasteiger partial charge < -0.3 is 5.32 Å². The fourth-order valence-corrected chi connectivity index (χ4v) is 1.37. The fourth-order valence-electron chi connectivity index (χ4n) is 1.37. The van der Waals surface area contributed by atoms with E-state index in [2.05, 4.69) is 30.6 Å². The van der Waals surface area contributed by atoms with Crippen LogP contribution in [0.1, 0.15) is 25.2 Å². The van der Waals surface area contributed by atoms with Gasteiger partial charge >= 0.3 is 0 Å². The SMILES string of the molecule is CC(NC(=O)CCn1cncn1)c1ncn[nH]1. The Morgan fingerprint density at radius 1 is 1.59 bits per heavy atom. The number of carbonyl (C=O) groups is 1. The van der Waals surface area contributed by atoms with Crippen LogP contribution >= 0.6 is 0 Å². The molecule has 0 fully saturated rings. The lowest BCUT2D eigenvalue weighted by Gasteiger charge is -2.10. The molecular weight excluding hydrogens is 222 g/mol. The highest BCUT2D eigenvalue weighted by molar-refractivity contribution is 5.76. The lowest BCUT2D eigenvalue weighted by molar-refractivity contribution is -0.122. The number of nitrogens with one attached hydrogen (secondary N) is 2. The van der Waals surface area contributed by atoms with E-state index < -0.39 is 0 Å². The second-order valence-electron chi connectivity index (χ2n) is 3.57. The van der Waals surface area contributed by atoms with Crippen molar-refractivity contribution in [3.8, 4) is 0 Å². The van der Waals surface area contributed by atoms with Gasteiger partial charge in [0.25, 0.3) is 0 Å². The van der Waals surface area contributed by atoms with Crippen LogP contribution in [0.15, 0.2) is 19.0 Å². The first-order valence-electron chi connectivity index (χ1n) is 5.23. The molecule has 1 amide bonds. The Kier molecular flexibility index (Phi) is 3.43. The van der Waals surface area contributed by atoms with Crippen molar-refractivity contribution >= 4 is 5.91 Å². The minimum Gasteiger partial charge on any atom is -0.346 e. The fraction of sp³-hybridized carbons (Fsp3) is 0.444. The summed E-state index contributed by atoms with van der Waals surface area (Å²) >= 11 is 0. The molecule has 2 rings (SSSR count). The van der Waals surface area contributed by atoms with E-state index in [9.17, 15) is 4.79 Å². The lowest BCUT2D eigenvalue weighted by atomic mass is 10.3. The second-order valence-corrected chi connectivity index (χ2v) is 3.57. The summed E-state index contributed by atoms with van der Waals surface area (Å²) in [5.74, 6) is 0.573. The highest BCUT2D eigenvalue weighted by Gasteiger charge is 2.11. The zero-order chi connectivity index (χ0) is 12.1. The van der Waals surface area contributed by atoms with Crippen molar-refractivity contribution in [3.63, 3.8) is 0 Å². The summed E-state index contributed by atoms with van der Waals surface area (Å²) in [7, 11) is 0. The van der Waals surface area contributed by atoms with E-state index in [1.165, 1.54) is 12.7 Å². The number of amides is 1. The average Bonchev–Trinajstić information content (AvgIpc) is 2.99. The number of nitrogens with zero attached hydrogens (tertiary/aromatic N) is 5. The molecule has 0 spiro atoms. The van der Waals surface area contributed by atoms with E-state index >= 15 is 0 Å². The van der Waals surface area contributed by atoms with Gasteiger partial charge in [-0.25, -0.2) is 9.97 Å². The van der Waals surface area contributed by atoms with E-state index in [1.54, 1.807) is 11.0 Å². The zero-order valence-corrected chi connectivity index (χ0v) is 9.37. The van der Waals surface area contributed by atoms with Gasteiger partial charge in [0.1, 0.15) is 24.8 Å².